The second-order valence-electron chi connectivity index (χ2n) is 4.34. The summed E-state index contributed by atoms with van der Waals surface area (Å²) < 4.78 is 12.8. The third-order valence-electron chi connectivity index (χ3n) is 2.82. The van der Waals surface area contributed by atoms with Crippen LogP contribution in [0.2, 0.25) is 0 Å². The molecule has 0 unspecified atom stereocenters. The summed E-state index contributed by atoms with van der Waals surface area (Å²) in [5.74, 6) is 0.0727. The summed E-state index contributed by atoms with van der Waals surface area (Å²) in [6.45, 7) is 0.384. The van der Waals surface area contributed by atoms with Gasteiger partial charge in [-0.15, -0.1) is 10.2 Å². The number of carbonyl (C=O) groups is 1. The lowest BCUT2D eigenvalue weighted by Crippen LogP contribution is -2.27. The first-order valence-corrected chi connectivity index (χ1v) is 6.11. The monoisotopic (exact) mass is 274 g/mol. The number of benzene rings is 1. The van der Waals surface area contributed by atoms with Crippen molar-refractivity contribution in [3.05, 3.63) is 53.5 Å². The number of nitrogens with one attached hydrogen (secondary N) is 1. The van der Waals surface area contributed by atoms with Crippen LogP contribution in [0.5, 0.6) is 0 Å². The molecule has 0 saturated carbocycles. The van der Waals surface area contributed by atoms with Crippen molar-refractivity contribution in [3.63, 3.8) is 0 Å². The lowest BCUT2D eigenvalue weighted by atomic mass is 10.2. The third kappa shape index (κ3) is 3.28. The van der Waals surface area contributed by atoms with Crippen LogP contribution in [0.3, 0.4) is 0 Å². The van der Waals surface area contributed by atoms with Crippen molar-refractivity contribution in [2.75, 3.05) is 19.4 Å². The molecule has 0 radical (unpaired) electrons. The average molecular weight is 274 g/mol. The molecule has 2 aromatic rings. The van der Waals surface area contributed by atoms with E-state index in [0.717, 1.165) is 5.56 Å². The Morgan fingerprint density at radius 1 is 1.20 bits per heavy atom. The maximum absolute atomic E-state index is 12.8. The Kier molecular flexibility index (Phi) is 4.24. The molecule has 0 atom stereocenters. The molecule has 0 aliphatic rings. The second-order valence-corrected chi connectivity index (χ2v) is 4.34. The highest BCUT2D eigenvalue weighted by molar-refractivity contribution is 5.92. The minimum absolute atomic E-state index is 0.232. The molecule has 2 rings (SSSR count). The van der Waals surface area contributed by atoms with Gasteiger partial charge in [-0.3, -0.25) is 4.79 Å². The van der Waals surface area contributed by atoms with Crippen molar-refractivity contribution in [1.29, 1.82) is 0 Å². The predicted octanol–water partition coefficient (Wildman–Crippen LogP) is 1.93. The number of halogens is 1. The van der Waals surface area contributed by atoms with Crippen molar-refractivity contribution < 1.29 is 9.18 Å². The van der Waals surface area contributed by atoms with Crippen molar-refractivity contribution >= 4 is 11.7 Å². The molecule has 1 heterocycles. The Hall–Kier alpha value is -2.50. The number of hydrogen-bond donors (Lipinski definition) is 1. The molecular weight excluding hydrogens is 259 g/mol. The number of anilines is 1. The van der Waals surface area contributed by atoms with Gasteiger partial charge in [-0.05, 0) is 29.8 Å². The summed E-state index contributed by atoms with van der Waals surface area (Å²) in [4.78, 5) is 13.7. The largest absolute Gasteiger partial charge is 0.372 e. The third-order valence-corrected chi connectivity index (χ3v) is 2.82. The summed E-state index contributed by atoms with van der Waals surface area (Å²) in [6, 6.07) is 9.34. The van der Waals surface area contributed by atoms with Crippen molar-refractivity contribution in [1.82, 2.24) is 15.1 Å². The fourth-order valence-corrected chi connectivity index (χ4v) is 1.71. The van der Waals surface area contributed by atoms with Gasteiger partial charge in [0.25, 0.3) is 5.91 Å². The average Bonchev–Trinajstić information content (AvgIpc) is 2.49. The Bertz CT molecular complexity index is 583. The van der Waals surface area contributed by atoms with E-state index in [9.17, 15) is 9.18 Å². The van der Waals surface area contributed by atoms with Crippen LogP contribution in [0.1, 0.15) is 16.1 Å². The van der Waals surface area contributed by atoms with Gasteiger partial charge in [-0.2, -0.15) is 0 Å². The van der Waals surface area contributed by atoms with Gasteiger partial charge in [-0.25, -0.2) is 4.39 Å². The molecule has 1 aromatic heterocycles. The molecule has 0 bridgehead atoms. The van der Waals surface area contributed by atoms with E-state index in [-0.39, 0.29) is 17.4 Å². The normalized spacial score (nSPS) is 10.2. The van der Waals surface area contributed by atoms with E-state index >= 15 is 0 Å². The van der Waals surface area contributed by atoms with Gasteiger partial charge in [0.1, 0.15) is 11.6 Å². The molecule has 1 amide bonds. The molecule has 0 spiro atoms. The molecular formula is C14H15FN4O. The fraction of sp³-hybridized carbons (Fsp3) is 0.214. The first-order valence-electron chi connectivity index (χ1n) is 6.11. The smallest absolute Gasteiger partial charge is 0.274 e. The molecule has 0 aliphatic heterocycles. The zero-order chi connectivity index (χ0) is 14.5. The molecule has 1 aromatic carbocycles. The van der Waals surface area contributed by atoms with Crippen LogP contribution in [0.25, 0.3) is 0 Å². The van der Waals surface area contributed by atoms with Gasteiger partial charge in [0, 0.05) is 20.6 Å². The van der Waals surface area contributed by atoms with E-state index in [1.807, 2.05) is 0 Å². The van der Waals surface area contributed by atoms with Crippen LogP contribution < -0.4 is 5.32 Å². The summed E-state index contributed by atoms with van der Waals surface area (Å²) in [6.07, 6.45) is 0. The molecule has 104 valence electrons. The van der Waals surface area contributed by atoms with E-state index in [0.29, 0.717) is 12.4 Å². The summed E-state index contributed by atoms with van der Waals surface area (Å²) in [5.41, 5.74) is 1.12. The molecule has 0 aliphatic carbocycles. The second kappa shape index (κ2) is 6.10. The van der Waals surface area contributed by atoms with E-state index in [2.05, 4.69) is 15.5 Å². The van der Waals surface area contributed by atoms with Gasteiger partial charge >= 0.3 is 0 Å². The van der Waals surface area contributed by atoms with Crippen LogP contribution in [0, 0.1) is 5.82 Å². The molecule has 0 fully saturated rings. The van der Waals surface area contributed by atoms with E-state index in [4.69, 9.17) is 0 Å². The highest BCUT2D eigenvalue weighted by Gasteiger charge is 2.14. The van der Waals surface area contributed by atoms with Gasteiger partial charge in [0.2, 0.25) is 0 Å². The van der Waals surface area contributed by atoms with E-state index < -0.39 is 0 Å². The first-order chi connectivity index (χ1) is 9.60. The van der Waals surface area contributed by atoms with Gasteiger partial charge in [0.05, 0.1) is 0 Å². The first kappa shape index (κ1) is 13.9. The molecule has 6 heteroatoms. The fourth-order valence-electron chi connectivity index (χ4n) is 1.71. The number of nitrogens with zero attached hydrogens (tertiary/aromatic N) is 3. The Balaban J connectivity index is 2.05. The topological polar surface area (TPSA) is 58.1 Å². The molecule has 20 heavy (non-hydrogen) atoms. The number of amides is 1. The van der Waals surface area contributed by atoms with Crippen LogP contribution in [0.15, 0.2) is 36.4 Å². The number of rotatable bonds is 4. The number of carbonyl (C=O) groups excluding carboxylic acids is 1. The highest BCUT2D eigenvalue weighted by atomic mass is 19.1. The SMILES string of the molecule is CNc1ccc(C(=O)N(C)Cc2ccc(F)cc2)nn1. The molecule has 5 nitrogen and oxygen atoms in total. The van der Waals surface area contributed by atoms with Crippen LogP contribution >= 0.6 is 0 Å². The maximum Gasteiger partial charge on any atom is 0.274 e. The minimum atomic E-state index is -0.295. The maximum atomic E-state index is 12.8. The van der Waals surface area contributed by atoms with Crippen molar-refractivity contribution in [2.45, 2.75) is 6.54 Å². The lowest BCUT2D eigenvalue weighted by molar-refractivity contribution is 0.0778. The van der Waals surface area contributed by atoms with Crippen LogP contribution in [-0.4, -0.2) is 35.1 Å². The highest BCUT2D eigenvalue weighted by Crippen LogP contribution is 2.09. The van der Waals surface area contributed by atoms with E-state index in [1.54, 1.807) is 38.4 Å². The molecule has 1 N–H and O–H groups in total. The lowest BCUT2D eigenvalue weighted by Gasteiger charge is -2.16. The minimum Gasteiger partial charge on any atom is -0.372 e. The van der Waals surface area contributed by atoms with Crippen molar-refractivity contribution in [2.24, 2.45) is 0 Å². The van der Waals surface area contributed by atoms with Gasteiger partial charge < -0.3 is 10.2 Å². The van der Waals surface area contributed by atoms with E-state index in [1.165, 1.54) is 17.0 Å². The Labute approximate surface area is 116 Å². The number of aromatic nitrogens is 2. The predicted molar refractivity (Wildman–Crippen MR) is 73.8 cm³/mol. The summed E-state index contributed by atoms with van der Waals surface area (Å²) in [5, 5.41) is 10.6. The Morgan fingerprint density at radius 2 is 1.90 bits per heavy atom. The van der Waals surface area contributed by atoms with Crippen LogP contribution in [0.4, 0.5) is 10.2 Å². The van der Waals surface area contributed by atoms with Crippen molar-refractivity contribution in [3.8, 4) is 0 Å². The zero-order valence-corrected chi connectivity index (χ0v) is 11.3. The zero-order valence-electron chi connectivity index (χ0n) is 11.3. The standard InChI is InChI=1S/C14H15FN4O/c1-16-13-8-7-12(17-18-13)14(20)19(2)9-10-3-5-11(15)6-4-10/h3-8H,9H2,1-2H3,(H,16,18). The van der Waals surface area contributed by atoms with Gasteiger partial charge in [-0.1, -0.05) is 12.1 Å². The van der Waals surface area contributed by atoms with Gasteiger partial charge in [0.15, 0.2) is 5.69 Å². The molecule has 0 saturated heterocycles. The Morgan fingerprint density at radius 3 is 2.45 bits per heavy atom. The quantitative estimate of drug-likeness (QED) is 0.925. The summed E-state index contributed by atoms with van der Waals surface area (Å²) >= 11 is 0. The summed E-state index contributed by atoms with van der Waals surface area (Å²) in [7, 11) is 3.39. The van der Waals surface area contributed by atoms with Crippen LogP contribution in [-0.2, 0) is 6.54 Å². The number of hydrogen-bond acceptors (Lipinski definition) is 4.